The van der Waals surface area contributed by atoms with Gasteiger partial charge in [-0.05, 0) is 54.2 Å². The number of hydrogen-bond donors (Lipinski definition) is 4. The van der Waals surface area contributed by atoms with Crippen molar-refractivity contribution in [2.75, 3.05) is 32.8 Å². The second-order valence-corrected chi connectivity index (χ2v) is 11.2. The van der Waals surface area contributed by atoms with Crippen molar-refractivity contribution in [1.29, 1.82) is 0 Å². The summed E-state index contributed by atoms with van der Waals surface area (Å²) in [7, 11) is 0. The Morgan fingerprint density at radius 3 is 2.76 bits per heavy atom. The number of halogens is 2. The quantitative estimate of drug-likeness (QED) is 0.231. The van der Waals surface area contributed by atoms with Crippen LogP contribution in [0.25, 0.3) is 11.1 Å². The minimum atomic E-state index is -1.30. The number of carboxylic acids is 1. The highest BCUT2D eigenvalue weighted by Gasteiger charge is 2.31. The van der Waals surface area contributed by atoms with Crippen molar-refractivity contribution in [3.8, 4) is 0 Å². The fourth-order valence-electron chi connectivity index (χ4n) is 5.27. The van der Waals surface area contributed by atoms with Crippen molar-refractivity contribution in [2.45, 2.75) is 32.4 Å². The second-order valence-electron chi connectivity index (χ2n) is 10.4. The molecule has 0 spiro atoms. The van der Waals surface area contributed by atoms with Crippen molar-refractivity contribution in [3.63, 3.8) is 0 Å². The number of aromatic nitrogens is 1. The van der Waals surface area contributed by atoms with Crippen molar-refractivity contribution in [1.82, 2.24) is 25.4 Å². The first-order chi connectivity index (χ1) is 20.2. The molecule has 5 rings (SSSR count). The zero-order valence-corrected chi connectivity index (χ0v) is 24.4. The van der Waals surface area contributed by atoms with Gasteiger partial charge in [0, 0.05) is 44.3 Å². The molecule has 4 heterocycles. The number of carbonyl (C=O) groups is 3. The number of hydrogen-bond acceptors (Lipinski definition) is 7. The lowest BCUT2D eigenvalue weighted by Gasteiger charge is -2.30. The third-order valence-electron chi connectivity index (χ3n) is 7.46. The average molecular weight is 617 g/mol. The maximum Gasteiger partial charge on any atom is 0.328 e. The molecule has 3 aromatic rings. The van der Waals surface area contributed by atoms with Crippen LogP contribution in [-0.4, -0.2) is 82.5 Å². The number of aliphatic imine (C=N–C) groups is 1. The van der Waals surface area contributed by atoms with Crippen LogP contribution in [0.1, 0.15) is 45.4 Å². The number of rotatable bonds is 7. The Bertz CT molecular complexity index is 1530. The maximum atomic E-state index is 13.3. The van der Waals surface area contributed by atoms with Crippen LogP contribution in [-0.2, 0) is 17.8 Å². The van der Waals surface area contributed by atoms with Crippen LogP contribution in [0.5, 0.6) is 0 Å². The summed E-state index contributed by atoms with van der Waals surface area (Å²) >= 11 is 13.2. The highest BCUT2D eigenvalue weighted by Crippen LogP contribution is 2.35. The highest BCUT2D eigenvalue weighted by atomic mass is 35.5. The molecule has 1 fully saturated rings. The third-order valence-corrected chi connectivity index (χ3v) is 8.17. The van der Waals surface area contributed by atoms with Gasteiger partial charge in [-0.15, -0.1) is 0 Å². The van der Waals surface area contributed by atoms with E-state index in [1.54, 1.807) is 29.3 Å². The Morgan fingerprint density at radius 2 is 2.07 bits per heavy atom. The Labute approximate surface area is 251 Å². The molecule has 0 saturated carbocycles. The summed E-state index contributed by atoms with van der Waals surface area (Å²) in [5.41, 5.74) is 7.34. The number of carboxylic acid groups (broad SMARTS) is 1. The molecular formula is C28H31Cl2N7O5. The zero-order valence-electron chi connectivity index (χ0n) is 22.9. The van der Waals surface area contributed by atoms with E-state index in [1.165, 1.54) is 0 Å². The van der Waals surface area contributed by atoms with Crippen LogP contribution >= 0.6 is 23.2 Å². The van der Waals surface area contributed by atoms with Gasteiger partial charge < -0.3 is 35.7 Å². The number of furan rings is 1. The van der Waals surface area contributed by atoms with Crippen LogP contribution in [0, 0.1) is 5.92 Å². The molecule has 2 aliphatic heterocycles. The average Bonchev–Trinajstić information content (AvgIpc) is 3.60. The highest BCUT2D eigenvalue weighted by molar-refractivity contribution is 6.40. The van der Waals surface area contributed by atoms with E-state index in [0.29, 0.717) is 41.7 Å². The van der Waals surface area contributed by atoms with E-state index in [1.807, 2.05) is 11.0 Å². The minimum Gasteiger partial charge on any atom is -0.480 e. The largest absolute Gasteiger partial charge is 0.480 e. The van der Waals surface area contributed by atoms with Gasteiger partial charge in [0.2, 0.25) is 5.71 Å². The number of nitrogens with one attached hydrogen (secondary N) is 2. The molecule has 2 amide bonds. The maximum absolute atomic E-state index is 13.3. The number of amides is 2. The van der Waals surface area contributed by atoms with E-state index in [4.69, 9.17) is 33.4 Å². The number of nitrogens with two attached hydrogens (primary N) is 1. The molecule has 2 atom stereocenters. The molecule has 1 saturated heterocycles. The first kappa shape index (κ1) is 29.6. The summed E-state index contributed by atoms with van der Waals surface area (Å²) in [4.78, 5) is 50.5. The standard InChI is InChI=1S/C28H31Cl2N7O5/c1-15-4-7-37(12-15)28(34-14-31)33-11-20(27(40)41)35-24(38)22-19(29)9-17-13-36(8-5-18(17)23(22)30)26(39)21-10-16-3-2-6-32-25(16)42-21/h2-3,6,9-10,15,20H,4-5,7-8,11-14,31H2,1H3,(H,33,34)(H,35,38)(H,40,41)/t15-,20-/m0/s1. The molecule has 2 aromatic heterocycles. The molecule has 1 aromatic carbocycles. The van der Waals surface area contributed by atoms with E-state index < -0.39 is 17.9 Å². The molecule has 42 heavy (non-hydrogen) atoms. The third kappa shape index (κ3) is 6.15. The van der Waals surface area contributed by atoms with Crippen molar-refractivity contribution in [2.24, 2.45) is 16.6 Å². The Hall–Kier alpha value is -3.87. The predicted molar refractivity (Wildman–Crippen MR) is 158 cm³/mol. The number of pyridine rings is 1. The summed E-state index contributed by atoms with van der Waals surface area (Å²) < 4.78 is 5.63. The summed E-state index contributed by atoms with van der Waals surface area (Å²) in [6, 6.07) is 5.52. The molecule has 0 bridgehead atoms. The van der Waals surface area contributed by atoms with Crippen molar-refractivity contribution >= 4 is 58.0 Å². The fourth-order valence-corrected chi connectivity index (χ4v) is 6.04. The lowest BCUT2D eigenvalue weighted by molar-refractivity contribution is -0.139. The van der Waals surface area contributed by atoms with Gasteiger partial charge in [-0.25, -0.2) is 14.8 Å². The number of carbonyl (C=O) groups excluding carboxylic acids is 2. The van der Waals surface area contributed by atoms with E-state index in [9.17, 15) is 19.5 Å². The summed E-state index contributed by atoms with van der Waals surface area (Å²) in [5.74, 6) is -1.12. The topological polar surface area (TPSA) is 166 Å². The van der Waals surface area contributed by atoms with Gasteiger partial charge >= 0.3 is 5.97 Å². The first-order valence-corrected chi connectivity index (χ1v) is 14.3. The van der Waals surface area contributed by atoms with Crippen LogP contribution in [0.4, 0.5) is 0 Å². The van der Waals surface area contributed by atoms with Gasteiger partial charge in [0.05, 0.1) is 22.3 Å². The van der Waals surface area contributed by atoms with Crippen LogP contribution < -0.4 is 16.4 Å². The van der Waals surface area contributed by atoms with Gasteiger partial charge in [-0.3, -0.25) is 9.59 Å². The van der Waals surface area contributed by atoms with E-state index in [-0.39, 0.29) is 47.0 Å². The monoisotopic (exact) mass is 615 g/mol. The number of fused-ring (bicyclic) bond motifs is 2. The summed E-state index contributed by atoms with van der Waals surface area (Å²) in [6.45, 7) is 4.12. The Kier molecular flexibility index (Phi) is 8.85. The number of nitrogens with zero attached hydrogens (tertiary/aromatic N) is 4. The van der Waals surface area contributed by atoms with Crippen LogP contribution in [0.15, 0.2) is 39.9 Å². The van der Waals surface area contributed by atoms with Gasteiger partial charge in [0.25, 0.3) is 11.8 Å². The molecule has 222 valence electrons. The van der Waals surface area contributed by atoms with Gasteiger partial charge in [0.15, 0.2) is 11.7 Å². The second kappa shape index (κ2) is 12.6. The molecule has 14 heteroatoms. The van der Waals surface area contributed by atoms with Crippen molar-refractivity contribution in [3.05, 3.63) is 63.0 Å². The number of benzene rings is 1. The molecule has 12 nitrogen and oxygen atoms in total. The number of guanidine groups is 1. The van der Waals surface area contributed by atoms with Crippen LogP contribution in [0.3, 0.4) is 0 Å². The van der Waals surface area contributed by atoms with Gasteiger partial charge in [-0.2, -0.15) is 0 Å². The molecule has 0 radical (unpaired) electrons. The number of likely N-dealkylation sites (tertiary alicyclic amines) is 1. The number of aliphatic carboxylic acids is 1. The molecule has 0 aliphatic carbocycles. The molecular weight excluding hydrogens is 585 g/mol. The van der Waals surface area contributed by atoms with E-state index in [0.717, 1.165) is 24.9 Å². The van der Waals surface area contributed by atoms with E-state index in [2.05, 4.69) is 27.5 Å². The molecule has 2 aliphatic rings. The Morgan fingerprint density at radius 1 is 1.26 bits per heavy atom. The van der Waals surface area contributed by atoms with Crippen LogP contribution in [0.2, 0.25) is 10.0 Å². The normalized spacial score (nSPS) is 17.7. The van der Waals surface area contributed by atoms with Crippen molar-refractivity contribution < 1.29 is 23.9 Å². The SMILES string of the molecule is C[C@H]1CCN(C(=NCN)NC[C@H](NC(=O)c2c(Cl)cc3c(c2Cl)CCN(C(=O)c2cc4cccnc4o2)C3)C(=O)O)C1. The van der Waals surface area contributed by atoms with Gasteiger partial charge in [0.1, 0.15) is 6.04 Å². The van der Waals surface area contributed by atoms with Gasteiger partial charge in [-0.1, -0.05) is 30.1 Å². The minimum absolute atomic E-state index is 0.0179. The summed E-state index contributed by atoms with van der Waals surface area (Å²) in [5, 5.41) is 16.3. The lowest BCUT2D eigenvalue weighted by atomic mass is 9.96. The fraction of sp³-hybridized carbons (Fsp3) is 0.393. The summed E-state index contributed by atoms with van der Waals surface area (Å²) in [6.07, 6.45) is 2.95. The Balaban J connectivity index is 1.29. The lowest BCUT2D eigenvalue weighted by Crippen LogP contribution is -2.51. The predicted octanol–water partition coefficient (Wildman–Crippen LogP) is 2.72. The zero-order chi connectivity index (χ0) is 30.0. The molecule has 0 unspecified atom stereocenters. The molecule has 5 N–H and O–H groups in total. The smallest absolute Gasteiger partial charge is 0.328 e. The first-order valence-electron chi connectivity index (χ1n) is 13.6. The van der Waals surface area contributed by atoms with E-state index >= 15 is 0 Å².